The quantitative estimate of drug-likeness (QED) is 0.765. The van der Waals surface area contributed by atoms with Crippen LogP contribution in [-0.4, -0.2) is 27.3 Å². The van der Waals surface area contributed by atoms with Gasteiger partial charge >= 0.3 is 6.03 Å². The largest absolute Gasteiger partial charge is 0.338 e. The van der Waals surface area contributed by atoms with E-state index in [1.54, 1.807) is 12.4 Å². The lowest BCUT2D eigenvalue weighted by atomic mass is 10.3. The predicted molar refractivity (Wildman–Crippen MR) is 71.3 cm³/mol. The van der Waals surface area contributed by atoms with Crippen molar-refractivity contribution >= 4 is 6.03 Å². The Morgan fingerprint density at radius 1 is 1.21 bits per heavy atom. The van der Waals surface area contributed by atoms with E-state index in [-0.39, 0.29) is 6.03 Å². The summed E-state index contributed by atoms with van der Waals surface area (Å²) < 4.78 is 1.84. The molecule has 0 aliphatic rings. The predicted octanol–water partition coefficient (Wildman–Crippen LogP) is 1.17. The molecule has 100 valence electrons. The van der Waals surface area contributed by atoms with Gasteiger partial charge in [-0.1, -0.05) is 6.07 Å². The number of urea groups is 1. The number of carbonyl (C=O) groups is 1. The first kappa shape index (κ1) is 13.1. The molecule has 0 aliphatic heterocycles. The van der Waals surface area contributed by atoms with Crippen molar-refractivity contribution in [3.63, 3.8) is 0 Å². The molecule has 0 unspecified atom stereocenters. The van der Waals surface area contributed by atoms with Crippen molar-refractivity contribution in [3.05, 3.63) is 48.5 Å². The average Bonchev–Trinajstić information content (AvgIpc) is 2.96. The second kappa shape index (κ2) is 7.15. The Bertz CT molecular complexity index is 483. The van der Waals surface area contributed by atoms with Crippen molar-refractivity contribution in [3.8, 4) is 0 Å². The summed E-state index contributed by atoms with van der Waals surface area (Å²) in [6, 6.07) is 7.32. The van der Waals surface area contributed by atoms with E-state index in [0.29, 0.717) is 13.1 Å². The molecule has 2 N–H and O–H groups in total. The zero-order valence-corrected chi connectivity index (χ0v) is 10.6. The lowest BCUT2D eigenvalue weighted by molar-refractivity contribution is 0.240. The number of nitrogens with one attached hydrogen (secondary N) is 2. The summed E-state index contributed by atoms with van der Waals surface area (Å²) in [6.45, 7) is 1.85. The highest BCUT2D eigenvalue weighted by Gasteiger charge is 2.00. The number of hydrogen-bond donors (Lipinski definition) is 2. The number of aromatic nitrogens is 3. The fourth-order valence-corrected chi connectivity index (χ4v) is 1.61. The maximum atomic E-state index is 11.5. The molecule has 0 spiro atoms. The van der Waals surface area contributed by atoms with Crippen LogP contribution in [0.1, 0.15) is 12.1 Å². The van der Waals surface area contributed by atoms with Gasteiger partial charge in [-0.25, -0.2) is 4.79 Å². The minimum absolute atomic E-state index is 0.175. The lowest BCUT2D eigenvalue weighted by Gasteiger charge is -2.07. The van der Waals surface area contributed by atoms with Gasteiger partial charge < -0.3 is 10.6 Å². The number of nitrogens with zero attached hydrogens (tertiary/aromatic N) is 3. The van der Waals surface area contributed by atoms with Crippen LogP contribution in [-0.2, 0) is 13.1 Å². The maximum absolute atomic E-state index is 11.5. The first-order chi connectivity index (χ1) is 9.34. The normalized spacial score (nSPS) is 10.1. The Labute approximate surface area is 111 Å². The van der Waals surface area contributed by atoms with Gasteiger partial charge in [0.1, 0.15) is 0 Å². The third kappa shape index (κ3) is 4.79. The highest BCUT2D eigenvalue weighted by atomic mass is 16.2. The van der Waals surface area contributed by atoms with E-state index >= 15 is 0 Å². The van der Waals surface area contributed by atoms with Gasteiger partial charge in [0.15, 0.2) is 0 Å². The molecule has 0 aliphatic carbocycles. The number of rotatable bonds is 6. The molecule has 0 atom stereocenters. The van der Waals surface area contributed by atoms with Crippen LogP contribution in [0.4, 0.5) is 4.79 Å². The van der Waals surface area contributed by atoms with Crippen LogP contribution < -0.4 is 10.6 Å². The summed E-state index contributed by atoms with van der Waals surface area (Å²) in [5.41, 5.74) is 0.842. The summed E-state index contributed by atoms with van der Waals surface area (Å²) in [6.07, 6.45) is 6.20. The molecule has 2 heterocycles. The van der Waals surface area contributed by atoms with Gasteiger partial charge in [0, 0.05) is 31.7 Å². The molecule has 19 heavy (non-hydrogen) atoms. The number of hydrogen-bond acceptors (Lipinski definition) is 3. The average molecular weight is 259 g/mol. The summed E-state index contributed by atoms with van der Waals surface area (Å²) in [7, 11) is 0. The maximum Gasteiger partial charge on any atom is 0.315 e. The molecule has 2 rings (SSSR count). The van der Waals surface area contributed by atoms with Crippen LogP contribution in [0.2, 0.25) is 0 Å². The van der Waals surface area contributed by atoms with Crippen LogP contribution in [0.5, 0.6) is 0 Å². The van der Waals surface area contributed by atoms with Crippen molar-refractivity contribution in [2.45, 2.75) is 19.5 Å². The molecule has 6 heteroatoms. The van der Waals surface area contributed by atoms with Crippen LogP contribution in [0, 0.1) is 0 Å². The van der Waals surface area contributed by atoms with Gasteiger partial charge in [-0.3, -0.25) is 9.67 Å². The van der Waals surface area contributed by atoms with Crippen molar-refractivity contribution < 1.29 is 4.79 Å². The second-order valence-corrected chi connectivity index (χ2v) is 4.05. The van der Waals surface area contributed by atoms with E-state index in [2.05, 4.69) is 20.7 Å². The van der Waals surface area contributed by atoms with Crippen molar-refractivity contribution in [2.75, 3.05) is 6.54 Å². The van der Waals surface area contributed by atoms with Gasteiger partial charge in [-0.15, -0.1) is 0 Å². The Kier molecular flexibility index (Phi) is 4.92. The zero-order chi connectivity index (χ0) is 13.3. The van der Waals surface area contributed by atoms with Gasteiger partial charge in [0.05, 0.1) is 12.2 Å². The van der Waals surface area contributed by atoms with E-state index in [1.807, 2.05) is 35.1 Å². The standard InChI is InChI=1S/C13H17N5O/c19-13(16-11-12-5-1-2-6-14-12)15-7-3-9-18-10-4-8-17-18/h1-2,4-6,8,10H,3,7,9,11H2,(H2,15,16,19). The van der Waals surface area contributed by atoms with E-state index in [0.717, 1.165) is 18.7 Å². The smallest absolute Gasteiger partial charge is 0.315 e. The molecular formula is C13H17N5O. The Morgan fingerprint density at radius 2 is 2.16 bits per heavy atom. The van der Waals surface area contributed by atoms with E-state index in [4.69, 9.17) is 0 Å². The first-order valence-electron chi connectivity index (χ1n) is 6.23. The molecule has 0 saturated carbocycles. The van der Waals surface area contributed by atoms with Gasteiger partial charge in [0.2, 0.25) is 0 Å². The molecular weight excluding hydrogens is 242 g/mol. The molecule has 2 amide bonds. The molecule has 0 aromatic carbocycles. The zero-order valence-electron chi connectivity index (χ0n) is 10.6. The molecule has 0 radical (unpaired) electrons. The van der Waals surface area contributed by atoms with Crippen molar-refractivity contribution in [1.29, 1.82) is 0 Å². The van der Waals surface area contributed by atoms with E-state index in [1.165, 1.54) is 0 Å². The second-order valence-electron chi connectivity index (χ2n) is 4.05. The Morgan fingerprint density at radius 3 is 2.89 bits per heavy atom. The first-order valence-corrected chi connectivity index (χ1v) is 6.23. The van der Waals surface area contributed by atoms with Crippen LogP contribution in [0.25, 0.3) is 0 Å². The molecule has 0 fully saturated rings. The van der Waals surface area contributed by atoms with Gasteiger partial charge in [-0.05, 0) is 24.6 Å². The van der Waals surface area contributed by atoms with Gasteiger partial charge in [-0.2, -0.15) is 5.10 Å². The monoisotopic (exact) mass is 259 g/mol. The van der Waals surface area contributed by atoms with E-state index < -0.39 is 0 Å². The van der Waals surface area contributed by atoms with Crippen LogP contribution in [0.15, 0.2) is 42.9 Å². The molecule has 2 aromatic rings. The van der Waals surface area contributed by atoms with Crippen molar-refractivity contribution in [1.82, 2.24) is 25.4 Å². The molecule has 0 bridgehead atoms. The highest BCUT2D eigenvalue weighted by molar-refractivity contribution is 5.73. The highest BCUT2D eigenvalue weighted by Crippen LogP contribution is 1.92. The summed E-state index contributed by atoms with van der Waals surface area (Å²) in [5, 5.41) is 9.64. The molecule has 0 saturated heterocycles. The number of amides is 2. The minimum Gasteiger partial charge on any atom is -0.338 e. The Hall–Kier alpha value is -2.37. The van der Waals surface area contributed by atoms with Crippen LogP contribution >= 0.6 is 0 Å². The number of carbonyl (C=O) groups excluding carboxylic acids is 1. The lowest BCUT2D eigenvalue weighted by Crippen LogP contribution is -2.36. The van der Waals surface area contributed by atoms with Crippen molar-refractivity contribution in [2.24, 2.45) is 0 Å². The topological polar surface area (TPSA) is 71.8 Å². The Balaban J connectivity index is 1.57. The van der Waals surface area contributed by atoms with Crippen LogP contribution in [0.3, 0.4) is 0 Å². The molecule has 6 nitrogen and oxygen atoms in total. The SMILES string of the molecule is O=C(NCCCn1cccn1)NCc1ccccn1. The van der Waals surface area contributed by atoms with Gasteiger partial charge in [0.25, 0.3) is 0 Å². The minimum atomic E-state index is -0.175. The third-order valence-electron chi connectivity index (χ3n) is 2.56. The summed E-state index contributed by atoms with van der Waals surface area (Å²) in [4.78, 5) is 15.6. The third-order valence-corrected chi connectivity index (χ3v) is 2.56. The van der Waals surface area contributed by atoms with E-state index in [9.17, 15) is 4.79 Å². The number of pyridine rings is 1. The fraction of sp³-hybridized carbons (Fsp3) is 0.308. The summed E-state index contributed by atoms with van der Waals surface area (Å²) in [5.74, 6) is 0. The molecule has 2 aromatic heterocycles. The summed E-state index contributed by atoms with van der Waals surface area (Å²) >= 11 is 0. The fourth-order valence-electron chi connectivity index (χ4n) is 1.61. The number of aryl methyl sites for hydroxylation is 1.